The highest BCUT2D eigenvalue weighted by atomic mass is 32.1. The van der Waals surface area contributed by atoms with Crippen LogP contribution in [0.15, 0.2) is 35.7 Å². The van der Waals surface area contributed by atoms with E-state index in [0.29, 0.717) is 0 Å². The van der Waals surface area contributed by atoms with Gasteiger partial charge >= 0.3 is 12.0 Å². The fourth-order valence-electron chi connectivity index (χ4n) is 3.18. The van der Waals surface area contributed by atoms with Gasteiger partial charge in [0.2, 0.25) is 0 Å². The molecule has 6 heteroatoms. The summed E-state index contributed by atoms with van der Waals surface area (Å²) >= 11 is 1.50. The molecule has 1 atom stereocenters. The summed E-state index contributed by atoms with van der Waals surface area (Å²) in [6.45, 7) is 0. The number of methoxy groups -OCH3 is 1. The highest BCUT2D eigenvalue weighted by molar-refractivity contribution is 7.10. The van der Waals surface area contributed by atoms with Crippen molar-refractivity contribution in [2.45, 2.75) is 38.1 Å². The summed E-state index contributed by atoms with van der Waals surface area (Å²) in [5.74, 6) is -0.351. The number of anilines is 1. The second-order valence-electron chi connectivity index (χ2n) is 6.10. The molecule has 5 nitrogen and oxygen atoms in total. The van der Waals surface area contributed by atoms with E-state index in [-0.39, 0.29) is 18.4 Å². The lowest BCUT2D eigenvalue weighted by molar-refractivity contribution is -0.141. The minimum atomic E-state index is -0.396. The molecule has 0 aliphatic heterocycles. The number of benzene rings is 1. The third-order valence-corrected chi connectivity index (χ3v) is 5.42. The highest BCUT2D eigenvalue weighted by Crippen LogP contribution is 2.28. The van der Waals surface area contributed by atoms with Crippen LogP contribution in [0.2, 0.25) is 0 Å². The molecule has 1 aromatic heterocycles. The number of carbonyl (C=O) groups is 2. The van der Waals surface area contributed by atoms with Gasteiger partial charge in [0.15, 0.2) is 0 Å². The summed E-state index contributed by atoms with van der Waals surface area (Å²) in [4.78, 5) is 25.1. The first-order valence-electron chi connectivity index (χ1n) is 8.46. The Labute approximate surface area is 151 Å². The molecule has 1 heterocycles. The number of fused-ring (bicyclic) bond motifs is 1. The van der Waals surface area contributed by atoms with Crippen LogP contribution in [0.1, 0.15) is 41.3 Å². The summed E-state index contributed by atoms with van der Waals surface area (Å²) < 4.78 is 4.75. The second-order valence-corrected chi connectivity index (χ2v) is 7.08. The average molecular weight is 358 g/mol. The van der Waals surface area contributed by atoms with Crippen molar-refractivity contribution in [1.29, 1.82) is 0 Å². The van der Waals surface area contributed by atoms with Crippen LogP contribution in [0.25, 0.3) is 0 Å². The molecule has 2 aromatic rings. The molecule has 132 valence electrons. The molecule has 0 fully saturated rings. The summed E-state index contributed by atoms with van der Waals surface area (Å²) in [6, 6.07) is 9.15. The largest absolute Gasteiger partial charge is 0.469 e. The Kier molecular flexibility index (Phi) is 5.71. The molecule has 0 radical (unpaired) electrons. The first kappa shape index (κ1) is 17.5. The average Bonchev–Trinajstić information content (AvgIpc) is 3.16. The van der Waals surface area contributed by atoms with Crippen LogP contribution >= 0.6 is 11.3 Å². The minimum absolute atomic E-state index is 0.108. The summed E-state index contributed by atoms with van der Waals surface area (Å²) in [7, 11) is 1.35. The van der Waals surface area contributed by atoms with Crippen molar-refractivity contribution in [1.82, 2.24) is 5.32 Å². The lowest BCUT2D eigenvalue weighted by Crippen LogP contribution is -2.34. The molecule has 1 aromatic carbocycles. The van der Waals surface area contributed by atoms with E-state index in [1.165, 1.54) is 36.0 Å². The van der Waals surface area contributed by atoms with Gasteiger partial charge in [0.05, 0.1) is 19.6 Å². The lowest BCUT2D eigenvalue weighted by Gasteiger charge is -2.21. The monoisotopic (exact) mass is 358 g/mol. The summed E-state index contributed by atoms with van der Waals surface area (Å²) in [5.41, 5.74) is 3.40. The Bertz CT molecular complexity index is 743. The van der Waals surface area contributed by atoms with Crippen molar-refractivity contribution < 1.29 is 14.3 Å². The molecule has 3 rings (SSSR count). The molecule has 0 spiro atoms. The van der Waals surface area contributed by atoms with Crippen LogP contribution < -0.4 is 10.6 Å². The Morgan fingerprint density at radius 3 is 2.80 bits per heavy atom. The van der Waals surface area contributed by atoms with Gasteiger partial charge in [-0.1, -0.05) is 18.2 Å². The first-order valence-corrected chi connectivity index (χ1v) is 9.34. The van der Waals surface area contributed by atoms with Crippen molar-refractivity contribution in [2.75, 3.05) is 12.4 Å². The van der Waals surface area contributed by atoms with Crippen LogP contribution in [-0.2, 0) is 22.4 Å². The van der Waals surface area contributed by atoms with Crippen molar-refractivity contribution in [3.05, 3.63) is 51.7 Å². The van der Waals surface area contributed by atoms with E-state index in [4.69, 9.17) is 4.74 Å². The predicted molar refractivity (Wildman–Crippen MR) is 98.9 cm³/mol. The molecule has 2 N–H and O–H groups in total. The lowest BCUT2D eigenvalue weighted by atomic mass is 9.90. The van der Waals surface area contributed by atoms with E-state index >= 15 is 0 Å². The van der Waals surface area contributed by atoms with Crippen LogP contribution in [0.3, 0.4) is 0 Å². The normalized spacial score (nSPS) is 14.3. The SMILES string of the molecule is COC(=O)C[C@H](NC(=O)Nc1cccc2c1CCCC2)c1cccs1. The van der Waals surface area contributed by atoms with Gasteiger partial charge in [-0.15, -0.1) is 11.3 Å². The molecule has 0 bridgehead atoms. The molecule has 0 saturated carbocycles. The fourth-order valence-corrected chi connectivity index (χ4v) is 3.96. The molecule has 0 saturated heterocycles. The summed E-state index contributed by atoms with van der Waals surface area (Å²) in [6.07, 6.45) is 4.50. The number of carbonyl (C=O) groups excluding carboxylic acids is 2. The van der Waals surface area contributed by atoms with Gasteiger partial charge < -0.3 is 15.4 Å². The summed E-state index contributed by atoms with van der Waals surface area (Å²) in [5, 5.41) is 7.78. The van der Waals surface area contributed by atoms with E-state index < -0.39 is 6.04 Å². The van der Waals surface area contributed by atoms with Crippen molar-refractivity contribution in [2.24, 2.45) is 0 Å². The predicted octanol–water partition coefficient (Wildman–Crippen LogP) is 4.05. The number of ether oxygens (including phenoxy) is 1. The Morgan fingerprint density at radius 1 is 1.20 bits per heavy atom. The second kappa shape index (κ2) is 8.16. The number of nitrogens with one attached hydrogen (secondary N) is 2. The zero-order valence-corrected chi connectivity index (χ0v) is 15.0. The first-order chi connectivity index (χ1) is 12.2. The van der Waals surface area contributed by atoms with E-state index in [0.717, 1.165) is 29.8 Å². The third kappa shape index (κ3) is 4.39. The number of esters is 1. The van der Waals surface area contributed by atoms with Crippen molar-refractivity contribution >= 4 is 29.0 Å². The molecule has 1 aliphatic rings. The molecule has 2 amide bonds. The maximum atomic E-state index is 12.5. The van der Waals surface area contributed by atoms with Crippen LogP contribution in [0.5, 0.6) is 0 Å². The number of amides is 2. The minimum Gasteiger partial charge on any atom is -0.469 e. The Morgan fingerprint density at radius 2 is 2.04 bits per heavy atom. The Balaban J connectivity index is 1.71. The number of rotatable bonds is 5. The highest BCUT2D eigenvalue weighted by Gasteiger charge is 2.21. The van der Waals surface area contributed by atoms with Crippen LogP contribution in [0.4, 0.5) is 10.5 Å². The third-order valence-electron chi connectivity index (χ3n) is 4.43. The molecular weight excluding hydrogens is 336 g/mol. The van der Waals surface area contributed by atoms with E-state index in [1.54, 1.807) is 0 Å². The number of aryl methyl sites for hydroxylation is 1. The van der Waals surface area contributed by atoms with Gasteiger partial charge in [-0.25, -0.2) is 4.79 Å². The number of urea groups is 1. The topological polar surface area (TPSA) is 67.4 Å². The zero-order chi connectivity index (χ0) is 17.6. The smallest absolute Gasteiger partial charge is 0.319 e. The molecular formula is C19H22N2O3S. The van der Waals surface area contributed by atoms with Gasteiger partial charge in [0.1, 0.15) is 0 Å². The van der Waals surface area contributed by atoms with E-state index in [2.05, 4.69) is 16.7 Å². The number of hydrogen-bond acceptors (Lipinski definition) is 4. The zero-order valence-electron chi connectivity index (χ0n) is 14.2. The van der Waals surface area contributed by atoms with E-state index in [1.807, 2.05) is 29.6 Å². The maximum absolute atomic E-state index is 12.5. The van der Waals surface area contributed by atoms with Crippen molar-refractivity contribution in [3.8, 4) is 0 Å². The fraction of sp³-hybridized carbons (Fsp3) is 0.368. The van der Waals surface area contributed by atoms with Gasteiger partial charge in [-0.3, -0.25) is 4.79 Å². The quantitative estimate of drug-likeness (QED) is 0.792. The van der Waals surface area contributed by atoms with Crippen LogP contribution in [0, 0.1) is 0 Å². The van der Waals surface area contributed by atoms with Gasteiger partial charge in [0.25, 0.3) is 0 Å². The van der Waals surface area contributed by atoms with Gasteiger partial charge in [-0.05, 0) is 54.3 Å². The van der Waals surface area contributed by atoms with E-state index in [9.17, 15) is 9.59 Å². The number of thiophene rings is 1. The molecule has 25 heavy (non-hydrogen) atoms. The van der Waals surface area contributed by atoms with Gasteiger partial charge in [0, 0.05) is 10.6 Å². The number of hydrogen-bond donors (Lipinski definition) is 2. The Hall–Kier alpha value is -2.34. The van der Waals surface area contributed by atoms with Crippen molar-refractivity contribution in [3.63, 3.8) is 0 Å². The van der Waals surface area contributed by atoms with Crippen LogP contribution in [-0.4, -0.2) is 19.1 Å². The maximum Gasteiger partial charge on any atom is 0.319 e. The van der Waals surface area contributed by atoms with Gasteiger partial charge in [-0.2, -0.15) is 0 Å². The standard InChI is InChI=1S/C19H22N2O3S/c1-24-18(22)12-16(17-10-5-11-25-17)21-19(23)20-15-9-4-7-13-6-2-3-8-14(13)15/h4-5,7,9-11,16H,2-3,6,8,12H2,1H3,(H2,20,21,23)/t16-/m0/s1. The molecule has 1 aliphatic carbocycles. The molecule has 0 unspecified atom stereocenters.